The molecule has 0 fully saturated rings. The first kappa shape index (κ1) is 12.7. The van der Waals surface area contributed by atoms with E-state index in [9.17, 15) is 0 Å². The Labute approximate surface area is 112 Å². The molecule has 1 unspecified atom stereocenters. The molecule has 0 bridgehead atoms. The molecule has 4 heteroatoms. The topological polar surface area (TPSA) is 20.7 Å². The quantitative estimate of drug-likeness (QED) is 0.765. The molecule has 0 radical (unpaired) electrons. The molecule has 17 heavy (non-hydrogen) atoms. The van der Waals surface area contributed by atoms with Gasteiger partial charge in [-0.15, -0.1) is 0 Å². The van der Waals surface area contributed by atoms with Gasteiger partial charge in [-0.2, -0.15) is 0 Å². The van der Waals surface area contributed by atoms with E-state index < -0.39 is 0 Å². The van der Waals surface area contributed by atoms with Crippen LogP contribution >= 0.6 is 23.8 Å². The number of halogens is 1. The van der Waals surface area contributed by atoms with Gasteiger partial charge in [0.2, 0.25) is 0 Å². The van der Waals surface area contributed by atoms with Crippen LogP contribution in [0.1, 0.15) is 39.2 Å². The summed E-state index contributed by atoms with van der Waals surface area (Å²) in [5.41, 5.74) is 2.05. The minimum absolute atomic E-state index is 0.385. The summed E-state index contributed by atoms with van der Waals surface area (Å²) in [4.78, 5) is 3.22. The maximum Gasteiger partial charge on any atom is 0.178 e. The van der Waals surface area contributed by atoms with Gasteiger partial charge in [0.15, 0.2) is 4.77 Å². The van der Waals surface area contributed by atoms with Gasteiger partial charge in [0.05, 0.1) is 16.1 Å². The molecule has 92 valence electrons. The Hall–Kier alpha value is -0.800. The van der Waals surface area contributed by atoms with Crippen LogP contribution in [0.5, 0.6) is 0 Å². The normalized spacial score (nSPS) is 13.1. The van der Waals surface area contributed by atoms with Crippen molar-refractivity contribution < 1.29 is 0 Å². The molecule has 0 aliphatic heterocycles. The van der Waals surface area contributed by atoms with Crippen molar-refractivity contribution in [3.63, 3.8) is 0 Å². The molecule has 0 amide bonds. The molecule has 1 aromatic carbocycles. The molecule has 0 saturated heterocycles. The van der Waals surface area contributed by atoms with E-state index in [2.05, 4.69) is 23.4 Å². The molecule has 1 atom stereocenters. The average Bonchev–Trinajstić information content (AvgIpc) is 2.64. The number of nitrogens with one attached hydrogen (secondary N) is 1. The Morgan fingerprint density at radius 1 is 1.47 bits per heavy atom. The van der Waals surface area contributed by atoms with E-state index in [1.165, 1.54) is 12.8 Å². The lowest BCUT2D eigenvalue weighted by Crippen LogP contribution is -2.05. The third-order valence-electron chi connectivity index (χ3n) is 3.10. The number of benzene rings is 1. The fraction of sp³-hybridized carbons (Fsp3) is 0.462. The predicted molar refractivity (Wildman–Crippen MR) is 76.4 cm³/mol. The largest absolute Gasteiger partial charge is 0.331 e. The van der Waals surface area contributed by atoms with Gasteiger partial charge in [0, 0.05) is 6.04 Å². The Balaban J connectivity index is 2.52. The molecule has 2 rings (SSSR count). The smallest absolute Gasteiger partial charge is 0.178 e. The molecule has 1 aromatic heterocycles. The molecular formula is C13H17ClN2S. The van der Waals surface area contributed by atoms with Crippen LogP contribution in [-0.4, -0.2) is 9.55 Å². The number of H-pyrrole nitrogens is 1. The molecule has 1 heterocycles. The fourth-order valence-corrected chi connectivity index (χ4v) is 2.83. The summed E-state index contributed by atoms with van der Waals surface area (Å²) in [6, 6.07) is 6.25. The molecular weight excluding hydrogens is 252 g/mol. The fourth-order valence-electron chi connectivity index (χ4n) is 2.19. The summed E-state index contributed by atoms with van der Waals surface area (Å²) < 4.78 is 2.90. The monoisotopic (exact) mass is 268 g/mol. The average molecular weight is 269 g/mol. The zero-order valence-electron chi connectivity index (χ0n) is 10.2. The highest BCUT2D eigenvalue weighted by Crippen LogP contribution is 2.28. The van der Waals surface area contributed by atoms with Crippen molar-refractivity contribution in [2.75, 3.05) is 0 Å². The molecule has 0 aliphatic carbocycles. The first-order valence-corrected chi connectivity index (χ1v) is 6.82. The molecule has 2 aromatic rings. The molecule has 0 saturated carbocycles. The predicted octanol–water partition coefficient (Wildman–Crippen LogP) is 5.10. The van der Waals surface area contributed by atoms with Crippen LogP contribution in [0.4, 0.5) is 0 Å². The van der Waals surface area contributed by atoms with Gasteiger partial charge in [-0.1, -0.05) is 37.4 Å². The summed E-state index contributed by atoms with van der Waals surface area (Å²) in [7, 11) is 0. The van der Waals surface area contributed by atoms with Gasteiger partial charge in [-0.05, 0) is 37.7 Å². The number of nitrogens with zero attached hydrogens (tertiary/aromatic N) is 1. The Bertz CT molecular complexity index is 570. The lowest BCUT2D eigenvalue weighted by molar-refractivity contribution is 0.491. The number of rotatable bonds is 4. The molecule has 1 N–H and O–H groups in total. The lowest BCUT2D eigenvalue weighted by atomic mass is 10.1. The first-order chi connectivity index (χ1) is 8.15. The highest BCUT2D eigenvalue weighted by atomic mass is 35.5. The van der Waals surface area contributed by atoms with Crippen molar-refractivity contribution >= 4 is 34.9 Å². The van der Waals surface area contributed by atoms with Gasteiger partial charge >= 0.3 is 0 Å². The number of imidazole rings is 1. The Kier molecular flexibility index (Phi) is 3.89. The van der Waals surface area contributed by atoms with E-state index in [0.29, 0.717) is 6.04 Å². The van der Waals surface area contributed by atoms with Crippen molar-refractivity contribution in [2.24, 2.45) is 0 Å². The maximum atomic E-state index is 6.27. The van der Waals surface area contributed by atoms with E-state index in [0.717, 1.165) is 27.2 Å². The second-order valence-electron chi connectivity index (χ2n) is 4.43. The first-order valence-electron chi connectivity index (χ1n) is 6.04. The molecule has 0 aliphatic rings. The Morgan fingerprint density at radius 3 is 2.94 bits per heavy atom. The Morgan fingerprint density at radius 2 is 2.24 bits per heavy atom. The zero-order valence-corrected chi connectivity index (χ0v) is 11.7. The van der Waals surface area contributed by atoms with Gasteiger partial charge in [0.1, 0.15) is 0 Å². The number of aromatic nitrogens is 2. The van der Waals surface area contributed by atoms with E-state index in [-0.39, 0.29) is 0 Å². The molecule has 0 spiro atoms. The maximum absolute atomic E-state index is 6.27. The van der Waals surface area contributed by atoms with Crippen molar-refractivity contribution in [1.29, 1.82) is 0 Å². The number of hydrogen-bond acceptors (Lipinski definition) is 1. The standard InChI is InChI=1S/C13H17ClN2S/c1-3-4-6-9(2)16-12-10(14)7-5-8-11(12)15-13(16)17/h5,7-9H,3-4,6H2,1-2H3,(H,15,17). The number of fused-ring (bicyclic) bond motifs is 1. The lowest BCUT2D eigenvalue weighted by Gasteiger charge is -2.14. The van der Waals surface area contributed by atoms with Crippen LogP contribution in [0, 0.1) is 4.77 Å². The zero-order chi connectivity index (χ0) is 12.4. The van der Waals surface area contributed by atoms with Crippen LogP contribution in [0.2, 0.25) is 5.02 Å². The number of aromatic amines is 1. The number of para-hydroxylation sites is 1. The number of unbranched alkanes of at least 4 members (excludes halogenated alkanes) is 1. The van der Waals surface area contributed by atoms with E-state index in [1.54, 1.807) is 0 Å². The van der Waals surface area contributed by atoms with E-state index in [4.69, 9.17) is 23.8 Å². The van der Waals surface area contributed by atoms with Crippen LogP contribution < -0.4 is 0 Å². The van der Waals surface area contributed by atoms with Crippen LogP contribution in [0.25, 0.3) is 11.0 Å². The van der Waals surface area contributed by atoms with Gasteiger partial charge < -0.3 is 9.55 Å². The van der Waals surface area contributed by atoms with Crippen LogP contribution in [0.3, 0.4) is 0 Å². The van der Waals surface area contributed by atoms with Gasteiger partial charge in [0.25, 0.3) is 0 Å². The summed E-state index contributed by atoms with van der Waals surface area (Å²) in [6.45, 7) is 4.40. The van der Waals surface area contributed by atoms with Crippen molar-refractivity contribution in [3.05, 3.63) is 28.0 Å². The highest BCUT2D eigenvalue weighted by Gasteiger charge is 2.12. The molecule has 2 nitrogen and oxygen atoms in total. The van der Waals surface area contributed by atoms with Crippen molar-refractivity contribution in [2.45, 2.75) is 39.2 Å². The summed E-state index contributed by atoms with van der Waals surface area (Å²) >= 11 is 11.7. The number of hydrogen-bond donors (Lipinski definition) is 1. The summed E-state index contributed by atoms with van der Waals surface area (Å²) in [5.74, 6) is 0. The minimum Gasteiger partial charge on any atom is -0.331 e. The van der Waals surface area contributed by atoms with Crippen LogP contribution in [0.15, 0.2) is 18.2 Å². The second-order valence-corrected chi connectivity index (χ2v) is 5.22. The van der Waals surface area contributed by atoms with Gasteiger partial charge in [-0.25, -0.2) is 0 Å². The van der Waals surface area contributed by atoms with E-state index in [1.807, 2.05) is 18.2 Å². The third-order valence-corrected chi connectivity index (χ3v) is 3.71. The second kappa shape index (κ2) is 5.23. The van der Waals surface area contributed by atoms with Crippen LogP contribution in [-0.2, 0) is 0 Å². The van der Waals surface area contributed by atoms with Crippen molar-refractivity contribution in [3.8, 4) is 0 Å². The van der Waals surface area contributed by atoms with Gasteiger partial charge in [-0.3, -0.25) is 0 Å². The SMILES string of the molecule is CCCCC(C)n1c(=S)[nH]c2cccc(Cl)c21. The van der Waals surface area contributed by atoms with E-state index >= 15 is 0 Å². The van der Waals surface area contributed by atoms with Crippen molar-refractivity contribution in [1.82, 2.24) is 9.55 Å². The third kappa shape index (κ3) is 2.40. The summed E-state index contributed by atoms with van der Waals surface area (Å²) in [6.07, 6.45) is 3.54. The minimum atomic E-state index is 0.385. The summed E-state index contributed by atoms with van der Waals surface area (Å²) in [5, 5.41) is 0.762. The highest BCUT2D eigenvalue weighted by molar-refractivity contribution is 7.71.